The summed E-state index contributed by atoms with van der Waals surface area (Å²) >= 11 is 1.77. The highest BCUT2D eigenvalue weighted by molar-refractivity contribution is 7.98. The Morgan fingerprint density at radius 1 is 1.24 bits per heavy atom. The van der Waals surface area contributed by atoms with Gasteiger partial charge in [0.05, 0.1) is 0 Å². The minimum Gasteiger partial charge on any atom is -0.330 e. The number of hydrogen-bond acceptors (Lipinski definition) is 5. The molecule has 0 aliphatic carbocycles. The van der Waals surface area contributed by atoms with Gasteiger partial charge in [-0.15, -0.1) is 5.06 Å². The molecule has 17 heavy (non-hydrogen) atoms. The van der Waals surface area contributed by atoms with Gasteiger partial charge < -0.3 is 4.84 Å². The fourth-order valence-corrected chi connectivity index (χ4v) is 1.99. The van der Waals surface area contributed by atoms with E-state index in [0.717, 1.165) is 25.0 Å². The number of carbonyl (C=O) groups excluding carboxylic acids is 3. The monoisotopic (exact) mass is 259 g/mol. The van der Waals surface area contributed by atoms with Gasteiger partial charge in [0.1, 0.15) is 0 Å². The van der Waals surface area contributed by atoms with E-state index in [0.29, 0.717) is 5.06 Å². The van der Waals surface area contributed by atoms with Gasteiger partial charge in [0.15, 0.2) is 0 Å². The van der Waals surface area contributed by atoms with Gasteiger partial charge in [-0.25, -0.2) is 4.79 Å². The zero-order valence-corrected chi connectivity index (χ0v) is 10.8. The van der Waals surface area contributed by atoms with Crippen LogP contribution in [0.2, 0.25) is 0 Å². The van der Waals surface area contributed by atoms with E-state index in [1.807, 2.05) is 6.26 Å². The number of carbonyl (C=O) groups is 3. The Morgan fingerprint density at radius 2 is 1.88 bits per heavy atom. The summed E-state index contributed by atoms with van der Waals surface area (Å²) in [6, 6.07) is 0. The van der Waals surface area contributed by atoms with Gasteiger partial charge in [-0.05, 0) is 24.9 Å². The predicted molar refractivity (Wildman–Crippen MR) is 64.0 cm³/mol. The Kier molecular flexibility index (Phi) is 6.04. The first-order valence-electron chi connectivity index (χ1n) is 5.70. The Morgan fingerprint density at radius 3 is 2.47 bits per heavy atom. The van der Waals surface area contributed by atoms with E-state index in [1.54, 1.807) is 11.8 Å². The molecule has 0 bridgehead atoms. The van der Waals surface area contributed by atoms with Crippen molar-refractivity contribution < 1.29 is 19.2 Å². The molecule has 0 atom stereocenters. The average molecular weight is 259 g/mol. The fraction of sp³-hybridized carbons (Fsp3) is 0.727. The van der Waals surface area contributed by atoms with Gasteiger partial charge in [-0.1, -0.05) is 6.42 Å². The van der Waals surface area contributed by atoms with Gasteiger partial charge in [0.25, 0.3) is 11.8 Å². The summed E-state index contributed by atoms with van der Waals surface area (Å²) in [7, 11) is 0. The molecular formula is C11H17NO4S. The molecule has 0 N–H and O–H groups in total. The van der Waals surface area contributed by atoms with Crippen LogP contribution in [0.5, 0.6) is 0 Å². The molecule has 1 saturated heterocycles. The lowest BCUT2D eigenvalue weighted by molar-refractivity contribution is -0.197. The number of imide groups is 1. The zero-order valence-electron chi connectivity index (χ0n) is 9.94. The molecule has 5 nitrogen and oxygen atoms in total. The topological polar surface area (TPSA) is 63.7 Å². The van der Waals surface area contributed by atoms with Crippen LogP contribution in [0.1, 0.15) is 38.5 Å². The molecule has 1 fully saturated rings. The Labute approximate surface area is 105 Å². The molecule has 1 heterocycles. The minimum atomic E-state index is -0.502. The molecule has 0 aromatic rings. The van der Waals surface area contributed by atoms with Crippen LogP contribution < -0.4 is 0 Å². The van der Waals surface area contributed by atoms with Crippen LogP contribution in [0.15, 0.2) is 0 Å². The lowest BCUT2D eigenvalue weighted by Crippen LogP contribution is -2.31. The summed E-state index contributed by atoms with van der Waals surface area (Å²) in [6.07, 6.45) is 5.33. The molecule has 1 aliphatic rings. The highest BCUT2D eigenvalue weighted by Gasteiger charge is 2.32. The maximum Gasteiger partial charge on any atom is 0.333 e. The maximum atomic E-state index is 11.3. The van der Waals surface area contributed by atoms with Crippen molar-refractivity contribution in [2.75, 3.05) is 12.0 Å². The van der Waals surface area contributed by atoms with E-state index >= 15 is 0 Å². The van der Waals surface area contributed by atoms with E-state index in [2.05, 4.69) is 0 Å². The van der Waals surface area contributed by atoms with Crippen LogP contribution in [0.4, 0.5) is 0 Å². The van der Waals surface area contributed by atoms with Crippen LogP contribution in [0.3, 0.4) is 0 Å². The van der Waals surface area contributed by atoms with Crippen molar-refractivity contribution in [3.8, 4) is 0 Å². The van der Waals surface area contributed by atoms with E-state index in [1.165, 1.54) is 0 Å². The standard InChI is InChI=1S/C11H17NO4S/c1-17-8-4-2-3-5-11(15)16-12-9(13)6-7-10(12)14/h2-8H2,1H3. The smallest absolute Gasteiger partial charge is 0.330 e. The highest BCUT2D eigenvalue weighted by atomic mass is 32.2. The summed E-state index contributed by atoms with van der Waals surface area (Å²) in [6.45, 7) is 0. The summed E-state index contributed by atoms with van der Waals surface area (Å²) in [4.78, 5) is 38.4. The van der Waals surface area contributed by atoms with Crippen molar-refractivity contribution in [3.05, 3.63) is 0 Å². The van der Waals surface area contributed by atoms with Crippen LogP contribution >= 0.6 is 11.8 Å². The Hall–Kier alpha value is -1.04. The number of unbranched alkanes of at least 4 members (excludes halogenated alkanes) is 2. The van der Waals surface area contributed by atoms with Gasteiger partial charge >= 0.3 is 5.97 Å². The SMILES string of the molecule is CSCCCCCC(=O)ON1C(=O)CCC1=O. The number of thioether (sulfide) groups is 1. The third kappa shape index (κ3) is 4.77. The van der Waals surface area contributed by atoms with Gasteiger partial charge in [0, 0.05) is 19.3 Å². The van der Waals surface area contributed by atoms with E-state index in [-0.39, 0.29) is 19.3 Å². The molecule has 0 saturated carbocycles. The molecule has 2 amide bonds. The Balaban J connectivity index is 2.16. The number of nitrogens with zero attached hydrogens (tertiary/aromatic N) is 1. The van der Waals surface area contributed by atoms with Crippen LogP contribution in [0.25, 0.3) is 0 Å². The van der Waals surface area contributed by atoms with Crippen molar-refractivity contribution in [1.82, 2.24) is 5.06 Å². The lowest BCUT2D eigenvalue weighted by atomic mass is 10.2. The summed E-state index contributed by atoms with van der Waals surface area (Å²) in [5, 5.41) is 0.601. The molecule has 6 heteroatoms. The van der Waals surface area contributed by atoms with E-state index in [4.69, 9.17) is 4.84 Å². The number of amides is 2. The van der Waals surface area contributed by atoms with E-state index in [9.17, 15) is 14.4 Å². The maximum absolute atomic E-state index is 11.3. The molecule has 0 radical (unpaired) electrons. The van der Waals surface area contributed by atoms with Crippen molar-refractivity contribution in [2.24, 2.45) is 0 Å². The normalized spacial score (nSPS) is 15.5. The number of hydroxylamine groups is 2. The van der Waals surface area contributed by atoms with Gasteiger partial charge in [-0.3, -0.25) is 9.59 Å². The highest BCUT2D eigenvalue weighted by Crippen LogP contribution is 2.13. The van der Waals surface area contributed by atoms with Crippen LogP contribution in [-0.2, 0) is 19.2 Å². The summed E-state index contributed by atoms with van der Waals surface area (Å²) < 4.78 is 0. The summed E-state index contributed by atoms with van der Waals surface area (Å²) in [5.41, 5.74) is 0. The predicted octanol–water partition coefficient (Wildman–Crippen LogP) is 1.52. The molecule has 1 aliphatic heterocycles. The van der Waals surface area contributed by atoms with Gasteiger partial charge in [0.2, 0.25) is 0 Å². The van der Waals surface area contributed by atoms with Gasteiger partial charge in [-0.2, -0.15) is 11.8 Å². The minimum absolute atomic E-state index is 0.139. The van der Waals surface area contributed by atoms with Crippen LogP contribution in [0, 0.1) is 0 Å². The fourth-order valence-electron chi connectivity index (χ4n) is 1.50. The summed E-state index contributed by atoms with van der Waals surface area (Å²) in [5.74, 6) is -0.271. The third-order valence-electron chi connectivity index (χ3n) is 2.43. The second-order valence-electron chi connectivity index (χ2n) is 3.85. The molecule has 96 valence electrons. The quantitative estimate of drug-likeness (QED) is 0.512. The second kappa shape index (κ2) is 7.32. The van der Waals surface area contributed by atoms with Crippen molar-refractivity contribution in [3.63, 3.8) is 0 Å². The van der Waals surface area contributed by atoms with Crippen molar-refractivity contribution >= 4 is 29.5 Å². The number of hydrogen-bond donors (Lipinski definition) is 0. The number of rotatable bonds is 7. The largest absolute Gasteiger partial charge is 0.333 e. The molecular weight excluding hydrogens is 242 g/mol. The lowest BCUT2D eigenvalue weighted by Gasteiger charge is -2.12. The molecule has 1 rings (SSSR count). The van der Waals surface area contributed by atoms with Crippen molar-refractivity contribution in [2.45, 2.75) is 38.5 Å². The molecule has 0 spiro atoms. The van der Waals surface area contributed by atoms with Crippen molar-refractivity contribution in [1.29, 1.82) is 0 Å². The first-order valence-corrected chi connectivity index (χ1v) is 7.10. The molecule has 0 aromatic carbocycles. The Bertz CT molecular complexity index is 290. The van der Waals surface area contributed by atoms with Crippen LogP contribution in [-0.4, -0.2) is 34.9 Å². The second-order valence-corrected chi connectivity index (χ2v) is 4.83. The zero-order chi connectivity index (χ0) is 12.7. The molecule has 0 unspecified atom stereocenters. The first-order chi connectivity index (χ1) is 8.15. The average Bonchev–Trinajstić information content (AvgIpc) is 2.60. The third-order valence-corrected chi connectivity index (χ3v) is 3.13. The molecule has 0 aromatic heterocycles. The first kappa shape index (κ1) is 14.0. The van der Waals surface area contributed by atoms with E-state index < -0.39 is 17.8 Å².